The molecule has 0 radical (unpaired) electrons. The Balaban J connectivity index is 1.17. The van der Waals surface area contributed by atoms with Crippen molar-refractivity contribution in [2.75, 3.05) is 32.8 Å². The van der Waals surface area contributed by atoms with Gasteiger partial charge in [0.05, 0.1) is 6.61 Å². The summed E-state index contributed by atoms with van der Waals surface area (Å²) in [6, 6.07) is 20.8. The number of benzene rings is 2. The fraction of sp³-hybridized carbons (Fsp3) is 0.370. The van der Waals surface area contributed by atoms with Gasteiger partial charge in [-0.1, -0.05) is 30.3 Å². The van der Waals surface area contributed by atoms with Crippen LogP contribution in [0.25, 0.3) is 11.1 Å². The van der Waals surface area contributed by atoms with Crippen molar-refractivity contribution in [3.05, 3.63) is 78.6 Å². The van der Waals surface area contributed by atoms with Crippen LogP contribution >= 0.6 is 0 Å². The van der Waals surface area contributed by atoms with Gasteiger partial charge in [-0.05, 0) is 92.2 Å². The number of nitrogens with zero attached hydrogens (tertiary/aromatic N) is 2. The summed E-state index contributed by atoms with van der Waals surface area (Å²) in [5.74, 6) is 1.86. The van der Waals surface area contributed by atoms with E-state index in [1.54, 1.807) is 0 Å². The number of hydrogen-bond acceptors (Lipinski definition) is 4. The fourth-order valence-corrected chi connectivity index (χ4v) is 3.95. The molecule has 1 aliphatic heterocycles. The van der Waals surface area contributed by atoms with E-state index in [9.17, 15) is 0 Å². The van der Waals surface area contributed by atoms with Crippen LogP contribution in [-0.2, 0) is 6.42 Å². The van der Waals surface area contributed by atoms with Gasteiger partial charge in [0.2, 0.25) is 0 Å². The Morgan fingerprint density at radius 3 is 2.00 bits per heavy atom. The molecule has 0 aliphatic carbocycles. The van der Waals surface area contributed by atoms with Crippen LogP contribution in [0.2, 0.25) is 0 Å². The van der Waals surface area contributed by atoms with Gasteiger partial charge in [0.1, 0.15) is 18.1 Å². The molecule has 0 saturated carbocycles. The van der Waals surface area contributed by atoms with Gasteiger partial charge >= 0.3 is 0 Å². The summed E-state index contributed by atoms with van der Waals surface area (Å²) in [7, 11) is 0. The maximum atomic E-state index is 5.91. The molecule has 3 aromatic rings. The molecule has 162 valence electrons. The van der Waals surface area contributed by atoms with Crippen LogP contribution < -0.4 is 9.47 Å². The van der Waals surface area contributed by atoms with E-state index in [-0.39, 0.29) is 0 Å². The van der Waals surface area contributed by atoms with E-state index in [0.29, 0.717) is 0 Å². The summed E-state index contributed by atoms with van der Waals surface area (Å²) < 4.78 is 11.8. The maximum Gasteiger partial charge on any atom is 0.119 e. The summed E-state index contributed by atoms with van der Waals surface area (Å²) >= 11 is 0. The maximum absolute atomic E-state index is 5.91. The molecule has 4 heteroatoms. The lowest BCUT2D eigenvalue weighted by Crippen LogP contribution is -2.25. The van der Waals surface area contributed by atoms with Crippen LogP contribution in [-0.4, -0.2) is 42.7 Å². The first-order valence-electron chi connectivity index (χ1n) is 11.4. The zero-order chi connectivity index (χ0) is 21.1. The highest BCUT2D eigenvalue weighted by Gasteiger charge is 2.10. The van der Waals surface area contributed by atoms with Crippen LogP contribution in [0.4, 0.5) is 0 Å². The van der Waals surface area contributed by atoms with Gasteiger partial charge in [-0.3, -0.25) is 9.88 Å². The lowest BCUT2D eigenvalue weighted by atomic mass is 10.1. The molecule has 1 aromatic heterocycles. The molecule has 1 aliphatic rings. The molecule has 1 fully saturated rings. The molecule has 0 atom stereocenters. The fourth-order valence-electron chi connectivity index (χ4n) is 3.95. The summed E-state index contributed by atoms with van der Waals surface area (Å²) in [5.41, 5.74) is 3.66. The highest BCUT2D eigenvalue weighted by atomic mass is 16.5. The zero-order valence-electron chi connectivity index (χ0n) is 18.2. The molecular formula is C27H32N2O2. The van der Waals surface area contributed by atoms with Crippen molar-refractivity contribution in [1.29, 1.82) is 0 Å². The number of rotatable bonds is 11. The SMILES string of the molecule is c1cncc(CCCCOc2ccc(-c3ccc(OCCN4CCCC4)cc3)cc2)c1. The first kappa shape index (κ1) is 21.4. The van der Waals surface area contributed by atoms with Crippen molar-refractivity contribution < 1.29 is 9.47 Å². The molecule has 0 bridgehead atoms. The summed E-state index contributed by atoms with van der Waals surface area (Å²) in [4.78, 5) is 6.63. The number of aryl methyl sites for hydroxylation is 1. The number of ether oxygens (including phenoxy) is 2. The number of likely N-dealkylation sites (tertiary alicyclic amines) is 1. The normalized spacial score (nSPS) is 13.9. The van der Waals surface area contributed by atoms with Gasteiger partial charge in [0, 0.05) is 18.9 Å². The monoisotopic (exact) mass is 416 g/mol. The molecule has 0 amide bonds. The predicted molar refractivity (Wildman–Crippen MR) is 126 cm³/mol. The Morgan fingerprint density at radius 1 is 0.742 bits per heavy atom. The molecule has 2 aromatic carbocycles. The Kier molecular flexibility index (Phi) is 7.94. The lowest BCUT2D eigenvalue weighted by molar-refractivity contribution is 0.238. The zero-order valence-corrected chi connectivity index (χ0v) is 18.2. The van der Waals surface area contributed by atoms with Crippen molar-refractivity contribution >= 4 is 0 Å². The Morgan fingerprint density at radius 2 is 1.39 bits per heavy atom. The Labute approximate surface area is 185 Å². The van der Waals surface area contributed by atoms with Crippen LogP contribution in [0.5, 0.6) is 11.5 Å². The Bertz CT molecular complexity index is 889. The Hall–Kier alpha value is -2.85. The van der Waals surface area contributed by atoms with Crippen molar-refractivity contribution in [2.45, 2.75) is 32.1 Å². The van der Waals surface area contributed by atoms with Gasteiger partial charge in [-0.2, -0.15) is 0 Å². The number of hydrogen-bond donors (Lipinski definition) is 0. The second-order valence-corrected chi connectivity index (χ2v) is 8.11. The van der Waals surface area contributed by atoms with E-state index in [1.807, 2.05) is 18.5 Å². The number of unbranched alkanes of at least 4 members (excludes halogenated alkanes) is 1. The third-order valence-electron chi connectivity index (χ3n) is 5.77. The van der Waals surface area contributed by atoms with E-state index in [0.717, 1.165) is 50.5 Å². The van der Waals surface area contributed by atoms with E-state index in [4.69, 9.17) is 9.47 Å². The average Bonchev–Trinajstić information content (AvgIpc) is 3.34. The molecule has 4 nitrogen and oxygen atoms in total. The van der Waals surface area contributed by atoms with Crippen molar-refractivity contribution in [1.82, 2.24) is 9.88 Å². The lowest BCUT2D eigenvalue weighted by Gasteiger charge is -2.15. The van der Waals surface area contributed by atoms with Crippen LogP contribution in [0.15, 0.2) is 73.1 Å². The topological polar surface area (TPSA) is 34.6 Å². The van der Waals surface area contributed by atoms with Gasteiger partial charge in [-0.25, -0.2) is 0 Å². The standard InChI is InChI=1S/C27H32N2O2/c1(6-23-7-5-16-28-22-23)4-20-30-26-12-8-24(9-13-26)25-10-14-27(15-11-25)31-21-19-29-17-2-3-18-29/h5,7-16,22H,1-4,6,17-21H2. The smallest absolute Gasteiger partial charge is 0.119 e. The van der Waals surface area contributed by atoms with Crippen LogP contribution in [0, 0.1) is 0 Å². The highest BCUT2D eigenvalue weighted by molar-refractivity contribution is 5.64. The first-order chi connectivity index (χ1) is 15.4. The minimum atomic E-state index is 0.739. The first-order valence-corrected chi connectivity index (χ1v) is 11.4. The molecular weight excluding hydrogens is 384 g/mol. The largest absolute Gasteiger partial charge is 0.494 e. The summed E-state index contributed by atoms with van der Waals surface area (Å²) in [5, 5.41) is 0. The molecule has 31 heavy (non-hydrogen) atoms. The molecule has 4 rings (SSSR count). The van der Waals surface area contributed by atoms with Crippen molar-refractivity contribution in [3.63, 3.8) is 0 Å². The molecule has 0 spiro atoms. The van der Waals surface area contributed by atoms with Gasteiger partial charge in [-0.15, -0.1) is 0 Å². The van der Waals surface area contributed by atoms with Crippen LogP contribution in [0.3, 0.4) is 0 Å². The summed E-state index contributed by atoms with van der Waals surface area (Å²) in [6.45, 7) is 4.95. The van der Waals surface area contributed by atoms with E-state index < -0.39 is 0 Å². The van der Waals surface area contributed by atoms with Crippen LogP contribution in [0.1, 0.15) is 31.2 Å². The van der Waals surface area contributed by atoms with E-state index >= 15 is 0 Å². The average molecular weight is 417 g/mol. The van der Waals surface area contributed by atoms with E-state index in [1.165, 1.54) is 42.6 Å². The number of pyridine rings is 1. The minimum absolute atomic E-state index is 0.739. The van der Waals surface area contributed by atoms with E-state index in [2.05, 4.69) is 64.5 Å². The number of aromatic nitrogens is 1. The summed E-state index contributed by atoms with van der Waals surface area (Å²) in [6.07, 6.45) is 9.59. The predicted octanol–water partition coefficient (Wildman–Crippen LogP) is 5.62. The second kappa shape index (κ2) is 11.5. The third-order valence-corrected chi connectivity index (χ3v) is 5.77. The second-order valence-electron chi connectivity index (χ2n) is 8.11. The molecule has 2 heterocycles. The molecule has 0 unspecified atom stereocenters. The van der Waals surface area contributed by atoms with Gasteiger partial charge in [0.15, 0.2) is 0 Å². The van der Waals surface area contributed by atoms with Crippen molar-refractivity contribution in [2.24, 2.45) is 0 Å². The quantitative estimate of drug-likeness (QED) is 0.380. The van der Waals surface area contributed by atoms with Crippen molar-refractivity contribution in [3.8, 4) is 22.6 Å². The highest BCUT2D eigenvalue weighted by Crippen LogP contribution is 2.25. The molecule has 1 saturated heterocycles. The molecule has 0 N–H and O–H groups in total. The third kappa shape index (κ3) is 6.83. The van der Waals surface area contributed by atoms with Gasteiger partial charge < -0.3 is 9.47 Å². The minimum Gasteiger partial charge on any atom is -0.494 e. The van der Waals surface area contributed by atoms with Gasteiger partial charge in [0.25, 0.3) is 0 Å².